The van der Waals surface area contributed by atoms with E-state index in [2.05, 4.69) is 10.2 Å². The average Bonchev–Trinajstić information content (AvgIpc) is 3.21. The van der Waals surface area contributed by atoms with Crippen molar-refractivity contribution in [1.82, 2.24) is 15.1 Å². The van der Waals surface area contributed by atoms with Crippen LogP contribution in [0.25, 0.3) is 11.3 Å². The molecule has 1 aliphatic carbocycles. The smallest absolute Gasteiger partial charge is 0.234 e. The van der Waals surface area contributed by atoms with E-state index in [1.54, 1.807) is 13.2 Å². The molecular formula is C22H25F2N3O2. The predicted molar refractivity (Wildman–Crippen MR) is 104 cm³/mol. The van der Waals surface area contributed by atoms with Crippen molar-refractivity contribution in [3.63, 3.8) is 0 Å². The van der Waals surface area contributed by atoms with Gasteiger partial charge < -0.3 is 9.64 Å². The molecule has 0 bridgehead atoms. The molecule has 1 aromatic heterocycles. The van der Waals surface area contributed by atoms with Crippen molar-refractivity contribution in [2.45, 2.75) is 50.5 Å². The van der Waals surface area contributed by atoms with Crippen LogP contribution in [0.2, 0.25) is 0 Å². The molecule has 7 heteroatoms. The number of likely N-dealkylation sites (tertiary alicyclic amines) is 1. The minimum atomic E-state index is -0.741. The maximum atomic E-state index is 14.2. The summed E-state index contributed by atoms with van der Waals surface area (Å²) >= 11 is 0. The van der Waals surface area contributed by atoms with Gasteiger partial charge in [0, 0.05) is 20.2 Å². The Hall–Kier alpha value is -2.41. The molecule has 29 heavy (non-hydrogen) atoms. The van der Waals surface area contributed by atoms with Crippen LogP contribution in [0.4, 0.5) is 8.78 Å². The third-order valence-corrected chi connectivity index (χ3v) is 6.37. The Morgan fingerprint density at radius 3 is 2.72 bits per heavy atom. The second kappa shape index (κ2) is 7.78. The first-order chi connectivity index (χ1) is 14.0. The van der Waals surface area contributed by atoms with E-state index in [-0.39, 0.29) is 23.3 Å². The number of amides is 1. The van der Waals surface area contributed by atoms with Crippen LogP contribution in [-0.2, 0) is 21.4 Å². The number of rotatable bonds is 4. The lowest BCUT2D eigenvalue weighted by molar-refractivity contribution is -0.138. The van der Waals surface area contributed by atoms with Gasteiger partial charge in [-0.1, -0.05) is 13.0 Å². The molecule has 1 saturated heterocycles. The van der Waals surface area contributed by atoms with Crippen LogP contribution in [0.1, 0.15) is 43.9 Å². The van der Waals surface area contributed by atoms with Crippen LogP contribution in [0, 0.1) is 11.6 Å². The Morgan fingerprint density at radius 1 is 1.31 bits per heavy atom. The maximum absolute atomic E-state index is 14.2. The second-order valence-corrected chi connectivity index (χ2v) is 7.89. The fraction of sp³-hybridized carbons (Fsp3) is 0.500. The molecule has 0 spiro atoms. The van der Waals surface area contributed by atoms with E-state index in [1.165, 1.54) is 18.2 Å². The van der Waals surface area contributed by atoms with Gasteiger partial charge in [-0.25, -0.2) is 8.78 Å². The third kappa shape index (κ3) is 3.31. The van der Waals surface area contributed by atoms with Crippen molar-refractivity contribution in [2.24, 2.45) is 0 Å². The Kier molecular flexibility index (Phi) is 5.34. The molecule has 2 aromatic rings. The van der Waals surface area contributed by atoms with Crippen molar-refractivity contribution >= 4 is 5.91 Å². The highest BCUT2D eigenvalue weighted by molar-refractivity contribution is 5.89. The number of ether oxygens (including phenoxy) is 1. The van der Waals surface area contributed by atoms with Crippen molar-refractivity contribution < 1.29 is 18.3 Å². The summed E-state index contributed by atoms with van der Waals surface area (Å²) in [5.74, 6) is -1.29. The van der Waals surface area contributed by atoms with Crippen LogP contribution in [0.3, 0.4) is 0 Å². The molecule has 2 heterocycles. The van der Waals surface area contributed by atoms with Gasteiger partial charge in [0.05, 0.1) is 28.5 Å². The third-order valence-electron chi connectivity index (χ3n) is 6.37. The van der Waals surface area contributed by atoms with Crippen molar-refractivity contribution in [3.05, 3.63) is 47.2 Å². The number of benzene rings is 1. The van der Waals surface area contributed by atoms with Gasteiger partial charge in [0.2, 0.25) is 5.91 Å². The van der Waals surface area contributed by atoms with Crippen molar-refractivity contribution in [1.29, 1.82) is 0 Å². The zero-order valence-electron chi connectivity index (χ0n) is 16.8. The number of carbonyl (C=O) groups excluding carboxylic acids is 1. The SMILES string of the molecule is CC[C@]1(C(=O)N2CC[C@H](OC)C2)CCCc2cc(-c3c(F)cccc3F)nnc21. The molecule has 4 rings (SSSR count). The van der Waals surface area contributed by atoms with Gasteiger partial charge in [0.25, 0.3) is 0 Å². The Bertz CT molecular complexity index is 916. The number of hydrogen-bond donors (Lipinski definition) is 0. The number of methoxy groups -OCH3 is 1. The fourth-order valence-electron chi connectivity index (χ4n) is 4.70. The van der Waals surface area contributed by atoms with Crippen LogP contribution in [0.15, 0.2) is 24.3 Å². The summed E-state index contributed by atoms with van der Waals surface area (Å²) < 4.78 is 33.8. The quantitative estimate of drug-likeness (QED) is 0.785. The standard InChI is InChI=1S/C22H25F2N3O2/c1-3-22(21(28)27-11-9-15(13-27)29-2)10-5-6-14-12-18(25-26-20(14)22)19-16(23)7-4-8-17(19)24/h4,7-8,12,15H,3,5-6,9-11,13H2,1-2H3/t15-,22-/m0/s1. The zero-order valence-corrected chi connectivity index (χ0v) is 16.8. The van der Waals surface area contributed by atoms with Crippen LogP contribution in [-0.4, -0.2) is 47.3 Å². The largest absolute Gasteiger partial charge is 0.380 e. The van der Waals surface area contributed by atoms with E-state index in [9.17, 15) is 13.6 Å². The lowest BCUT2D eigenvalue weighted by Gasteiger charge is -2.38. The van der Waals surface area contributed by atoms with Gasteiger partial charge >= 0.3 is 0 Å². The van der Waals surface area contributed by atoms with Crippen LogP contribution < -0.4 is 0 Å². The van der Waals surface area contributed by atoms with Crippen LogP contribution in [0.5, 0.6) is 0 Å². The molecule has 0 unspecified atom stereocenters. The van der Waals surface area contributed by atoms with Gasteiger partial charge in [-0.2, -0.15) is 5.10 Å². The van der Waals surface area contributed by atoms with E-state index < -0.39 is 17.0 Å². The summed E-state index contributed by atoms with van der Waals surface area (Å²) in [5, 5.41) is 8.51. The van der Waals surface area contributed by atoms with Crippen molar-refractivity contribution in [2.75, 3.05) is 20.2 Å². The molecule has 1 aliphatic heterocycles. The predicted octanol–water partition coefficient (Wildman–Crippen LogP) is 3.65. The average molecular weight is 401 g/mol. The summed E-state index contributed by atoms with van der Waals surface area (Å²) in [5.41, 5.74) is 0.748. The Labute approximate surface area is 169 Å². The van der Waals surface area contributed by atoms with E-state index in [4.69, 9.17) is 4.74 Å². The molecule has 1 aromatic carbocycles. The Balaban J connectivity index is 1.73. The van der Waals surface area contributed by atoms with Gasteiger partial charge in [-0.15, -0.1) is 5.10 Å². The molecule has 5 nitrogen and oxygen atoms in total. The highest BCUT2D eigenvalue weighted by Crippen LogP contribution is 2.42. The molecule has 0 N–H and O–H groups in total. The summed E-state index contributed by atoms with van der Waals surface area (Å²) in [7, 11) is 1.67. The number of fused-ring (bicyclic) bond motifs is 1. The number of carbonyl (C=O) groups is 1. The summed E-state index contributed by atoms with van der Waals surface area (Å²) in [6.45, 7) is 3.24. The number of aryl methyl sites for hydroxylation is 1. The molecule has 0 radical (unpaired) electrons. The summed E-state index contributed by atoms with van der Waals surface area (Å²) in [4.78, 5) is 15.4. The maximum Gasteiger partial charge on any atom is 0.234 e. The molecule has 154 valence electrons. The summed E-state index contributed by atoms with van der Waals surface area (Å²) in [6.07, 6.45) is 3.73. The monoisotopic (exact) mass is 401 g/mol. The topological polar surface area (TPSA) is 55.3 Å². The number of halogens is 2. The van der Waals surface area contributed by atoms with Crippen LogP contribution >= 0.6 is 0 Å². The number of aromatic nitrogens is 2. The molecule has 2 aliphatic rings. The van der Waals surface area contributed by atoms with Gasteiger partial charge in [0.15, 0.2) is 0 Å². The first-order valence-electron chi connectivity index (χ1n) is 10.1. The highest BCUT2D eigenvalue weighted by Gasteiger charge is 2.47. The minimum Gasteiger partial charge on any atom is -0.380 e. The van der Waals surface area contributed by atoms with Gasteiger partial charge in [-0.3, -0.25) is 4.79 Å². The Morgan fingerprint density at radius 2 is 2.07 bits per heavy atom. The van der Waals surface area contributed by atoms with E-state index in [0.29, 0.717) is 38.0 Å². The zero-order chi connectivity index (χ0) is 20.6. The lowest BCUT2D eigenvalue weighted by atomic mass is 9.70. The summed E-state index contributed by atoms with van der Waals surface area (Å²) in [6, 6.07) is 5.44. The number of hydrogen-bond acceptors (Lipinski definition) is 4. The molecule has 1 fully saturated rings. The normalized spacial score (nSPS) is 23.9. The highest BCUT2D eigenvalue weighted by atomic mass is 19.1. The molecule has 1 amide bonds. The molecular weight excluding hydrogens is 376 g/mol. The van der Waals surface area contributed by atoms with Gasteiger partial charge in [-0.05, 0) is 55.9 Å². The van der Waals surface area contributed by atoms with Gasteiger partial charge in [0.1, 0.15) is 11.6 Å². The fourth-order valence-corrected chi connectivity index (χ4v) is 4.70. The first kappa shape index (κ1) is 19.9. The second-order valence-electron chi connectivity index (χ2n) is 7.89. The van der Waals surface area contributed by atoms with E-state index >= 15 is 0 Å². The molecule has 2 atom stereocenters. The lowest BCUT2D eigenvalue weighted by Crippen LogP contribution is -2.48. The van der Waals surface area contributed by atoms with Crippen molar-refractivity contribution in [3.8, 4) is 11.3 Å². The molecule has 0 saturated carbocycles. The van der Waals surface area contributed by atoms with E-state index in [1.807, 2.05) is 11.8 Å². The minimum absolute atomic E-state index is 0.0552. The first-order valence-corrected chi connectivity index (χ1v) is 10.1. The number of nitrogens with zero attached hydrogens (tertiary/aromatic N) is 3. The van der Waals surface area contributed by atoms with E-state index in [0.717, 1.165) is 18.4 Å².